The highest BCUT2D eigenvalue weighted by molar-refractivity contribution is 14.1. The van der Waals surface area contributed by atoms with Crippen molar-refractivity contribution in [1.29, 1.82) is 0 Å². The van der Waals surface area contributed by atoms with E-state index in [4.69, 9.17) is 4.98 Å². The Morgan fingerprint density at radius 2 is 1.12 bits per heavy atom. The van der Waals surface area contributed by atoms with E-state index in [9.17, 15) is 0 Å². The fourth-order valence-electron chi connectivity index (χ4n) is 5.66. The topological polar surface area (TPSA) is 25.8 Å². The number of nitrogens with zero attached hydrogens (tertiary/aromatic N) is 2. The van der Waals surface area contributed by atoms with Crippen LogP contribution in [0.25, 0.3) is 75.7 Å². The number of benzene rings is 5. The number of rotatable bonds is 4. The van der Waals surface area contributed by atoms with E-state index in [-0.39, 0.29) is 0 Å². The number of hydrogen-bond acceptors (Lipinski definition) is 3. The van der Waals surface area contributed by atoms with E-state index in [0.717, 1.165) is 26.9 Å². The van der Waals surface area contributed by atoms with Gasteiger partial charge in [-0.1, -0.05) is 91.0 Å². The molecule has 0 bridgehead atoms. The van der Waals surface area contributed by atoms with Crippen molar-refractivity contribution in [1.82, 2.24) is 9.97 Å². The van der Waals surface area contributed by atoms with E-state index >= 15 is 0 Å². The van der Waals surface area contributed by atoms with Crippen LogP contribution < -0.4 is 0 Å². The predicted octanol–water partition coefficient (Wildman–Crippen LogP) is 11.3. The molecule has 198 valence electrons. The van der Waals surface area contributed by atoms with Gasteiger partial charge in [0.2, 0.25) is 0 Å². The fraction of sp³-hybridized carbons (Fsp3) is 0. The lowest BCUT2D eigenvalue weighted by Gasteiger charge is -2.09. The van der Waals surface area contributed by atoms with Crippen LogP contribution in [-0.4, -0.2) is 9.97 Å². The lowest BCUT2D eigenvalue weighted by atomic mass is 9.98. The maximum absolute atomic E-state index is 4.86. The van der Waals surface area contributed by atoms with Gasteiger partial charge in [0.05, 0.1) is 5.52 Å². The van der Waals surface area contributed by atoms with Crippen LogP contribution in [0.2, 0.25) is 0 Å². The van der Waals surface area contributed by atoms with Gasteiger partial charge < -0.3 is 0 Å². The number of aromatic nitrogens is 2. The van der Waals surface area contributed by atoms with Crippen molar-refractivity contribution in [2.75, 3.05) is 0 Å². The second kappa shape index (κ2) is 10.5. The maximum atomic E-state index is 4.86. The number of fused-ring (bicyclic) bond motifs is 4. The Morgan fingerprint density at radius 1 is 0.500 bits per heavy atom. The summed E-state index contributed by atoms with van der Waals surface area (Å²) in [7, 11) is 0. The molecule has 0 unspecified atom stereocenters. The average molecular weight is 667 g/mol. The first-order chi connectivity index (χ1) is 20.7. The summed E-state index contributed by atoms with van der Waals surface area (Å²) < 4.78 is 2.53. The molecule has 5 aromatic carbocycles. The molecule has 0 saturated heterocycles. The molecule has 0 saturated carbocycles. The minimum atomic E-state index is 1.000. The SMILES string of the molecule is Ic1ccc(-c2ccc(-c3ccc4cc(-c5ccc(-c6cccc7c6sc6ncccc67)cc5)cnc4c3)cc2)cc1. The molecule has 0 aliphatic heterocycles. The summed E-state index contributed by atoms with van der Waals surface area (Å²) in [5.41, 5.74) is 10.6. The molecule has 0 aliphatic carbocycles. The number of halogens is 1. The van der Waals surface area contributed by atoms with Gasteiger partial charge in [-0.2, -0.15) is 0 Å². The number of hydrogen-bond donors (Lipinski definition) is 0. The van der Waals surface area contributed by atoms with Gasteiger partial charge in [0, 0.05) is 42.4 Å². The first kappa shape index (κ1) is 25.3. The highest BCUT2D eigenvalue weighted by atomic mass is 127. The van der Waals surface area contributed by atoms with E-state index < -0.39 is 0 Å². The minimum absolute atomic E-state index is 1.000. The zero-order chi connectivity index (χ0) is 28.0. The first-order valence-corrected chi connectivity index (χ1v) is 15.7. The summed E-state index contributed by atoms with van der Waals surface area (Å²) in [6, 6.07) is 45.8. The zero-order valence-electron chi connectivity index (χ0n) is 22.5. The summed E-state index contributed by atoms with van der Waals surface area (Å²) in [4.78, 5) is 10.5. The van der Waals surface area contributed by atoms with Crippen LogP contribution in [0.15, 0.2) is 140 Å². The lowest BCUT2D eigenvalue weighted by Crippen LogP contribution is -1.86. The molecule has 0 amide bonds. The van der Waals surface area contributed by atoms with Crippen LogP contribution in [0.5, 0.6) is 0 Å². The normalized spacial score (nSPS) is 11.5. The first-order valence-electron chi connectivity index (χ1n) is 13.8. The van der Waals surface area contributed by atoms with E-state index in [1.807, 2.05) is 18.5 Å². The van der Waals surface area contributed by atoms with Gasteiger partial charge in [0.1, 0.15) is 4.83 Å². The zero-order valence-corrected chi connectivity index (χ0v) is 25.4. The molecule has 0 N–H and O–H groups in total. The Bertz CT molecular complexity index is 2230. The van der Waals surface area contributed by atoms with Crippen molar-refractivity contribution in [2.24, 2.45) is 0 Å². The van der Waals surface area contributed by atoms with Gasteiger partial charge >= 0.3 is 0 Å². The van der Waals surface area contributed by atoms with Crippen LogP contribution in [0.4, 0.5) is 0 Å². The second-order valence-corrected chi connectivity index (χ2v) is 12.7. The summed E-state index contributed by atoms with van der Waals surface area (Å²) in [6.45, 7) is 0. The van der Waals surface area contributed by atoms with Crippen LogP contribution >= 0.6 is 33.9 Å². The standard InChI is InChI=1S/C38H23IN2S/c39-32-18-16-25(17-19-32)24-6-8-26(9-7-24)29-14-15-30-21-31(23-41-36(30)22-29)27-10-12-28(13-11-27)33-3-1-4-34-35-5-2-20-40-38(35)42-37(33)34/h1-23H. The molecular formula is C38H23IN2S. The van der Waals surface area contributed by atoms with Crippen LogP contribution in [-0.2, 0) is 0 Å². The Morgan fingerprint density at radius 3 is 1.88 bits per heavy atom. The van der Waals surface area contributed by atoms with Crippen molar-refractivity contribution in [2.45, 2.75) is 0 Å². The second-order valence-electron chi connectivity index (χ2n) is 10.4. The Balaban J connectivity index is 1.07. The molecule has 3 aromatic heterocycles. The molecule has 0 spiro atoms. The summed E-state index contributed by atoms with van der Waals surface area (Å²) in [5, 5.41) is 3.63. The summed E-state index contributed by atoms with van der Waals surface area (Å²) in [6.07, 6.45) is 3.85. The van der Waals surface area contributed by atoms with Crippen LogP contribution in [0, 0.1) is 3.57 Å². The van der Waals surface area contributed by atoms with Crippen molar-refractivity contribution >= 4 is 65.1 Å². The van der Waals surface area contributed by atoms with Gasteiger partial charge in [-0.25, -0.2) is 4.98 Å². The largest absolute Gasteiger partial charge is 0.256 e. The van der Waals surface area contributed by atoms with Crippen molar-refractivity contribution in [3.8, 4) is 44.5 Å². The molecule has 0 fully saturated rings. The Hall–Kier alpha value is -4.39. The molecule has 42 heavy (non-hydrogen) atoms. The maximum Gasteiger partial charge on any atom is 0.124 e. The third-order valence-corrected chi connectivity index (χ3v) is 9.77. The molecule has 3 heterocycles. The van der Waals surface area contributed by atoms with E-state index in [0.29, 0.717) is 0 Å². The quantitative estimate of drug-likeness (QED) is 0.175. The Kier molecular flexibility index (Phi) is 6.31. The van der Waals surface area contributed by atoms with Crippen LogP contribution in [0.1, 0.15) is 0 Å². The predicted molar refractivity (Wildman–Crippen MR) is 187 cm³/mol. The number of thiophene rings is 1. The van der Waals surface area contributed by atoms with Gasteiger partial charge in [-0.05, 0) is 97.9 Å². The summed E-state index contributed by atoms with van der Waals surface area (Å²) >= 11 is 4.10. The molecule has 8 rings (SSSR count). The molecular weight excluding hydrogens is 643 g/mol. The average Bonchev–Trinajstić information content (AvgIpc) is 3.44. The van der Waals surface area contributed by atoms with E-state index in [1.165, 1.54) is 52.4 Å². The molecule has 4 heteroatoms. The third-order valence-electron chi connectivity index (χ3n) is 7.88. The smallest absolute Gasteiger partial charge is 0.124 e. The van der Waals surface area contributed by atoms with E-state index in [2.05, 4.69) is 149 Å². The minimum Gasteiger partial charge on any atom is -0.256 e. The molecule has 2 nitrogen and oxygen atoms in total. The van der Waals surface area contributed by atoms with Crippen molar-refractivity contribution < 1.29 is 0 Å². The van der Waals surface area contributed by atoms with Crippen molar-refractivity contribution in [3.63, 3.8) is 0 Å². The van der Waals surface area contributed by atoms with Gasteiger partial charge in [0.15, 0.2) is 0 Å². The van der Waals surface area contributed by atoms with Gasteiger partial charge in [-0.3, -0.25) is 4.98 Å². The van der Waals surface area contributed by atoms with Crippen molar-refractivity contribution in [3.05, 3.63) is 143 Å². The van der Waals surface area contributed by atoms with Crippen LogP contribution in [0.3, 0.4) is 0 Å². The van der Waals surface area contributed by atoms with Gasteiger partial charge in [0.25, 0.3) is 0 Å². The molecule has 8 aromatic rings. The lowest BCUT2D eigenvalue weighted by molar-refractivity contribution is 1.41. The fourth-order valence-corrected chi connectivity index (χ4v) is 7.20. The Labute approximate surface area is 261 Å². The highest BCUT2D eigenvalue weighted by Crippen LogP contribution is 2.39. The number of pyridine rings is 2. The van der Waals surface area contributed by atoms with Gasteiger partial charge in [-0.15, -0.1) is 11.3 Å². The molecule has 0 atom stereocenters. The third kappa shape index (κ3) is 4.57. The highest BCUT2D eigenvalue weighted by Gasteiger charge is 2.11. The molecule has 0 radical (unpaired) electrons. The summed E-state index contributed by atoms with van der Waals surface area (Å²) in [5.74, 6) is 0. The molecule has 0 aliphatic rings. The van der Waals surface area contributed by atoms with E-state index in [1.54, 1.807) is 11.3 Å². The monoisotopic (exact) mass is 666 g/mol.